The van der Waals surface area contributed by atoms with Crippen molar-refractivity contribution in [1.82, 2.24) is 5.32 Å². The number of piperidine rings is 1. The summed E-state index contributed by atoms with van der Waals surface area (Å²) in [4.78, 5) is 26.6. The Morgan fingerprint density at radius 2 is 1.90 bits per heavy atom. The minimum atomic E-state index is -0.199. The van der Waals surface area contributed by atoms with E-state index < -0.39 is 0 Å². The van der Waals surface area contributed by atoms with Gasteiger partial charge in [-0.1, -0.05) is 13.0 Å². The van der Waals surface area contributed by atoms with Crippen molar-refractivity contribution in [2.75, 3.05) is 25.2 Å². The zero-order chi connectivity index (χ0) is 21.5. The molecule has 3 rings (SSSR count). The lowest BCUT2D eigenvalue weighted by Crippen LogP contribution is -2.35. The SMILES string of the molecule is CCCOc1ccc(C(C)NC(=O)c2ccc(N3CCCCC3=O)cc2)cc1OC. The Hall–Kier alpha value is -3.02. The molecule has 6 heteroatoms. The second-order valence-corrected chi connectivity index (χ2v) is 7.50. The Labute approximate surface area is 178 Å². The number of carbonyl (C=O) groups is 2. The van der Waals surface area contributed by atoms with Gasteiger partial charge in [-0.15, -0.1) is 0 Å². The molecular weight excluding hydrogens is 380 g/mol. The van der Waals surface area contributed by atoms with Crippen LogP contribution in [0.1, 0.15) is 61.5 Å². The maximum absolute atomic E-state index is 12.7. The molecule has 1 aliphatic rings. The van der Waals surface area contributed by atoms with Crippen LogP contribution >= 0.6 is 0 Å². The lowest BCUT2D eigenvalue weighted by atomic mass is 10.1. The van der Waals surface area contributed by atoms with Crippen molar-refractivity contribution in [3.8, 4) is 11.5 Å². The molecule has 2 aromatic carbocycles. The summed E-state index contributed by atoms with van der Waals surface area (Å²) in [5.74, 6) is 1.33. The minimum absolute atomic E-state index is 0.146. The summed E-state index contributed by atoms with van der Waals surface area (Å²) in [6, 6.07) is 12.7. The van der Waals surface area contributed by atoms with Crippen LogP contribution in [0.3, 0.4) is 0 Å². The summed E-state index contributed by atoms with van der Waals surface area (Å²) in [6.07, 6.45) is 3.47. The van der Waals surface area contributed by atoms with E-state index in [1.165, 1.54) is 0 Å². The average molecular weight is 411 g/mol. The quantitative estimate of drug-likeness (QED) is 0.696. The van der Waals surface area contributed by atoms with Gasteiger partial charge < -0.3 is 19.7 Å². The van der Waals surface area contributed by atoms with Gasteiger partial charge in [0.15, 0.2) is 11.5 Å². The van der Waals surface area contributed by atoms with Crippen molar-refractivity contribution in [2.24, 2.45) is 0 Å². The molecule has 1 N–H and O–H groups in total. The zero-order valence-corrected chi connectivity index (χ0v) is 17.9. The van der Waals surface area contributed by atoms with Gasteiger partial charge in [-0.25, -0.2) is 0 Å². The van der Waals surface area contributed by atoms with E-state index in [1.807, 2.05) is 37.3 Å². The molecule has 2 aromatic rings. The first-order valence-corrected chi connectivity index (χ1v) is 10.6. The summed E-state index contributed by atoms with van der Waals surface area (Å²) in [7, 11) is 1.61. The number of carbonyl (C=O) groups excluding carboxylic acids is 2. The third-order valence-electron chi connectivity index (χ3n) is 5.26. The average Bonchev–Trinajstić information content (AvgIpc) is 2.78. The minimum Gasteiger partial charge on any atom is -0.493 e. The first-order chi connectivity index (χ1) is 14.5. The van der Waals surface area contributed by atoms with Crippen LogP contribution in [-0.4, -0.2) is 32.1 Å². The van der Waals surface area contributed by atoms with E-state index in [9.17, 15) is 9.59 Å². The number of methoxy groups -OCH3 is 1. The van der Waals surface area contributed by atoms with E-state index in [0.717, 1.165) is 37.1 Å². The summed E-state index contributed by atoms with van der Waals surface area (Å²) in [5, 5.41) is 3.02. The van der Waals surface area contributed by atoms with E-state index in [0.29, 0.717) is 30.1 Å². The Kier molecular flexibility index (Phi) is 7.33. The highest BCUT2D eigenvalue weighted by Gasteiger charge is 2.20. The summed E-state index contributed by atoms with van der Waals surface area (Å²) < 4.78 is 11.1. The van der Waals surface area contributed by atoms with Gasteiger partial charge in [0, 0.05) is 24.2 Å². The predicted molar refractivity (Wildman–Crippen MR) is 117 cm³/mol. The van der Waals surface area contributed by atoms with Crippen molar-refractivity contribution in [3.05, 3.63) is 53.6 Å². The molecule has 0 bridgehead atoms. The molecule has 0 saturated carbocycles. The fourth-order valence-corrected chi connectivity index (χ4v) is 3.52. The van der Waals surface area contributed by atoms with Crippen LogP contribution in [0.2, 0.25) is 0 Å². The lowest BCUT2D eigenvalue weighted by Gasteiger charge is -2.26. The third kappa shape index (κ3) is 5.12. The molecular formula is C24H30N2O4. The van der Waals surface area contributed by atoms with Gasteiger partial charge >= 0.3 is 0 Å². The Morgan fingerprint density at radius 3 is 2.57 bits per heavy atom. The van der Waals surface area contributed by atoms with Gasteiger partial charge in [-0.05, 0) is 68.1 Å². The second-order valence-electron chi connectivity index (χ2n) is 7.50. The van der Waals surface area contributed by atoms with E-state index in [1.54, 1.807) is 24.1 Å². The number of hydrogen-bond donors (Lipinski definition) is 1. The first-order valence-electron chi connectivity index (χ1n) is 10.6. The molecule has 0 aliphatic carbocycles. The summed E-state index contributed by atoms with van der Waals surface area (Å²) in [5.41, 5.74) is 2.33. The summed E-state index contributed by atoms with van der Waals surface area (Å²) in [6.45, 7) is 5.34. The van der Waals surface area contributed by atoms with E-state index in [2.05, 4.69) is 12.2 Å². The fraction of sp³-hybridized carbons (Fsp3) is 0.417. The van der Waals surface area contributed by atoms with E-state index in [-0.39, 0.29) is 17.9 Å². The number of nitrogens with zero attached hydrogens (tertiary/aromatic N) is 1. The number of ether oxygens (including phenoxy) is 2. The monoisotopic (exact) mass is 410 g/mol. The van der Waals surface area contributed by atoms with Crippen LogP contribution in [-0.2, 0) is 4.79 Å². The topological polar surface area (TPSA) is 67.9 Å². The van der Waals surface area contributed by atoms with Gasteiger partial charge in [0.1, 0.15) is 0 Å². The van der Waals surface area contributed by atoms with Gasteiger partial charge in [0.05, 0.1) is 19.8 Å². The predicted octanol–water partition coefficient (Wildman–Crippen LogP) is 4.49. The number of nitrogens with one attached hydrogen (secondary N) is 1. The van der Waals surface area contributed by atoms with Crippen molar-refractivity contribution in [2.45, 2.75) is 45.6 Å². The van der Waals surface area contributed by atoms with Gasteiger partial charge in [-0.2, -0.15) is 0 Å². The smallest absolute Gasteiger partial charge is 0.251 e. The highest BCUT2D eigenvalue weighted by atomic mass is 16.5. The van der Waals surface area contributed by atoms with Crippen molar-refractivity contribution < 1.29 is 19.1 Å². The molecule has 1 heterocycles. The Bertz CT molecular complexity index is 879. The van der Waals surface area contributed by atoms with Gasteiger partial charge in [0.25, 0.3) is 5.91 Å². The molecule has 160 valence electrons. The molecule has 0 aromatic heterocycles. The zero-order valence-electron chi connectivity index (χ0n) is 17.9. The van der Waals surface area contributed by atoms with Gasteiger partial charge in [-0.3, -0.25) is 9.59 Å². The molecule has 1 unspecified atom stereocenters. The number of hydrogen-bond acceptors (Lipinski definition) is 4. The van der Waals surface area contributed by atoms with Crippen LogP contribution in [0, 0.1) is 0 Å². The third-order valence-corrected chi connectivity index (χ3v) is 5.26. The van der Waals surface area contributed by atoms with E-state index in [4.69, 9.17) is 9.47 Å². The van der Waals surface area contributed by atoms with Gasteiger partial charge in [0.2, 0.25) is 5.91 Å². The number of benzene rings is 2. The Balaban J connectivity index is 1.65. The molecule has 1 aliphatic heterocycles. The van der Waals surface area contributed by atoms with Crippen LogP contribution in [0.5, 0.6) is 11.5 Å². The van der Waals surface area contributed by atoms with Crippen molar-refractivity contribution in [1.29, 1.82) is 0 Å². The lowest BCUT2D eigenvalue weighted by molar-refractivity contribution is -0.119. The second kappa shape index (κ2) is 10.1. The molecule has 1 fully saturated rings. The number of amides is 2. The van der Waals surface area contributed by atoms with E-state index >= 15 is 0 Å². The molecule has 2 amide bonds. The number of anilines is 1. The molecule has 6 nitrogen and oxygen atoms in total. The molecule has 0 spiro atoms. The highest BCUT2D eigenvalue weighted by molar-refractivity contribution is 5.97. The van der Waals surface area contributed by atoms with Crippen LogP contribution in [0.4, 0.5) is 5.69 Å². The molecule has 1 atom stereocenters. The largest absolute Gasteiger partial charge is 0.493 e. The Morgan fingerprint density at radius 1 is 1.13 bits per heavy atom. The maximum atomic E-state index is 12.7. The van der Waals surface area contributed by atoms with Crippen LogP contribution < -0.4 is 19.7 Å². The highest BCUT2D eigenvalue weighted by Crippen LogP contribution is 2.30. The van der Waals surface area contributed by atoms with Crippen molar-refractivity contribution in [3.63, 3.8) is 0 Å². The molecule has 30 heavy (non-hydrogen) atoms. The molecule has 1 saturated heterocycles. The van der Waals surface area contributed by atoms with Crippen LogP contribution in [0.15, 0.2) is 42.5 Å². The normalized spacial score (nSPS) is 14.9. The molecule has 0 radical (unpaired) electrons. The van der Waals surface area contributed by atoms with Crippen LogP contribution in [0.25, 0.3) is 0 Å². The summed E-state index contributed by atoms with van der Waals surface area (Å²) >= 11 is 0. The standard InChI is InChI=1S/C24H30N2O4/c1-4-15-30-21-13-10-19(16-22(21)29-3)17(2)25-24(28)18-8-11-20(12-9-18)26-14-6-5-7-23(26)27/h8-13,16-17H,4-7,14-15H2,1-3H3,(H,25,28). The fourth-order valence-electron chi connectivity index (χ4n) is 3.52. The first kappa shape index (κ1) is 21.7. The van der Waals surface area contributed by atoms with Crippen molar-refractivity contribution >= 4 is 17.5 Å². The maximum Gasteiger partial charge on any atom is 0.251 e. The number of rotatable bonds is 8.